The van der Waals surface area contributed by atoms with Gasteiger partial charge in [0.2, 0.25) is 5.91 Å². The molecule has 0 spiro atoms. The average Bonchev–Trinajstić information content (AvgIpc) is 2.75. The second-order valence-electron chi connectivity index (χ2n) is 4.51. The number of aromatic amines is 1. The number of aromatic nitrogens is 3. The van der Waals surface area contributed by atoms with Crippen LogP contribution in [0.5, 0.6) is 0 Å². The van der Waals surface area contributed by atoms with Crippen molar-refractivity contribution in [2.24, 2.45) is 0 Å². The summed E-state index contributed by atoms with van der Waals surface area (Å²) in [6.45, 7) is 4.40. The number of hydrogen-bond donors (Lipinski definition) is 2. The van der Waals surface area contributed by atoms with Crippen molar-refractivity contribution in [3.63, 3.8) is 0 Å². The van der Waals surface area contributed by atoms with Gasteiger partial charge in [-0.1, -0.05) is 6.07 Å². The number of carbonyl (C=O) groups excluding carboxylic acids is 1. The van der Waals surface area contributed by atoms with Gasteiger partial charge in [-0.2, -0.15) is 5.10 Å². The molecule has 0 fully saturated rings. The normalized spacial score (nSPS) is 10.4. The molecule has 2 aromatic rings. The van der Waals surface area contributed by atoms with Gasteiger partial charge in [0.05, 0.1) is 17.9 Å². The fraction of sp³-hybridized carbons (Fsp3) is 0.357. The molecule has 0 aromatic carbocycles. The molecule has 5 nitrogen and oxygen atoms in total. The molecule has 2 rings (SSSR count). The zero-order valence-electron chi connectivity index (χ0n) is 11.2. The zero-order valence-corrected chi connectivity index (χ0v) is 11.2. The third-order valence-electron chi connectivity index (χ3n) is 3.08. The molecule has 0 saturated carbocycles. The van der Waals surface area contributed by atoms with Gasteiger partial charge in [-0.05, 0) is 38.0 Å². The molecule has 0 saturated heterocycles. The predicted molar refractivity (Wildman–Crippen MR) is 72.5 cm³/mol. The molecule has 19 heavy (non-hydrogen) atoms. The Morgan fingerprint density at radius 3 is 2.84 bits per heavy atom. The number of nitrogens with zero attached hydrogens (tertiary/aromatic N) is 2. The maximum Gasteiger partial charge on any atom is 0.220 e. The number of pyridine rings is 1. The molecular formula is C14H18N4O. The smallest absolute Gasteiger partial charge is 0.220 e. The van der Waals surface area contributed by atoms with Crippen molar-refractivity contribution in [3.8, 4) is 0 Å². The Labute approximate surface area is 112 Å². The number of rotatable bonds is 5. The van der Waals surface area contributed by atoms with Crippen molar-refractivity contribution in [2.75, 3.05) is 0 Å². The molecule has 2 heterocycles. The first-order chi connectivity index (χ1) is 9.16. The van der Waals surface area contributed by atoms with E-state index in [4.69, 9.17) is 0 Å². The largest absolute Gasteiger partial charge is 0.350 e. The molecular weight excluding hydrogens is 240 g/mol. The van der Waals surface area contributed by atoms with Gasteiger partial charge >= 0.3 is 0 Å². The topological polar surface area (TPSA) is 70.7 Å². The lowest BCUT2D eigenvalue weighted by Gasteiger charge is -2.05. The highest BCUT2D eigenvalue weighted by Gasteiger charge is 2.09. The quantitative estimate of drug-likeness (QED) is 0.857. The second kappa shape index (κ2) is 6.13. The molecule has 0 aliphatic carbocycles. The average molecular weight is 258 g/mol. The molecule has 0 radical (unpaired) electrons. The summed E-state index contributed by atoms with van der Waals surface area (Å²) in [6.07, 6.45) is 2.90. The van der Waals surface area contributed by atoms with Crippen LogP contribution < -0.4 is 5.32 Å². The van der Waals surface area contributed by atoms with Gasteiger partial charge in [0.25, 0.3) is 0 Å². The van der Waals surface area contributed by atoms with Crippen LogP contribution in [-0.2, 0) is 17.8 Å². The first-order valence-electron chi connectivity index (χ1n) is 6.34. The summed E-state index contributed by atoms with van der Waals surface area (Å²) >= 11 is 0. The Morgan fingerprint density at radius 2 is 2.21 bits per heavy atom. The Hall–Kier alpha value is -2.17. The standard InChI is InChI=1S/C14H18N4O/c1-10-13(11(2)18-17-10)6-7-14(19)16-9-12-5-3-4-8-15-12/h3-5,8H,6-7,9H2,1-2H3,(H,16,19)(H,17,18). The van der Waals surface area contributed by atoms with Crippen LogP contribution in [0.2, 0.25) is 0 Å². The highest BCUT2D eigenvalue weighted by molar-refractivity contribution is 5.76. The summed E-state index contributed by atoms with van der Waals surface area (Å²) in [5, 5.41) is 9.92. The summed E-state index contributed by atoms with van der Waals surface area (Å²) in [5.41, 5.74) is 4.00. The minimum atomic E-state index is 0.0330. The minimum absolute atomic E-state index is 0.0330. The van der Waals surface area contributed by atoms with Crippen LogP contribution in [0.3, 0.4) is 0 Å². The number of H-pyrrole nitrogens is 1. The van der Waals surface area contributed by atoms with E-state index in [0.29, 0.717) is 19.4 Å². The molecule has 5 heteroatoms. The Kier molecular flexibility index (Phi) is 4.28. The van der Waals surface area contributed by atoms with Crippen LogP contribution in [0.15, 0.2) is 24.4 Å². The molecule has 0 bridgehead atoms. The fourth-order valence-corrected chi connectivity index (χ4v) is 1.96. The van der Waals surface area contributed by atoms with Gasteiger partial charge in [0.15, 0.2) is 0 Å². The first-order valence-corrected chi connectivity index (χ1v) is 6.34. The molecule has 2 aromatic heterocycles. The van der Waals surface area contributed by atoms with Gasteiger partial charge in [-0.15, -0.1) is 0 Å². The Bertz CT molecular complexity index is 528. The van der Waals surface area contributed by atoms with Crippen molar-refractivity contribution in [2.45, 2.75) is 33.2 Å². The fourth-order valence-electron chi connectivity index (χ4n) is 1.96. The summed E-state index contributed by atoms with van der Waals surface area (Å²) in [7, 11) is 0. The molecule has 0 atom stereocenters. The van der Waals surface area contributed by atoms with E-state index in [9.17, 15) is 4.79 Å². The minimum Gasteiger partial charge on any atom is -0.350 e. The SMILES string of the molecule is Cc1n[nH]c(C)c1CCC(=O)NCc1ccccn1. The van der Waals surface area contributed by atoms with Crippen LogP contribution in [-0.4, -0.2) is 21.1 Å². The van der Waals surface area contributed by atoms with Crippen molar-refractivity contribution in [3.05, 3.63) is 47.0 Å². The van der Waals surface area contributed by atoms with Crippen molar-refractivity contribution < 1.29 is 4.79 Å². The van der Waals surface area contributed by atoms with Crippen molar-refractivity contribution >= 4 is 5.91 Å². The van der Waals surface area contributed by atoms with Crippen LogP contribution in [0.4, 0.5) is 0 Å². The van der Waals surface area contributed by atoms with Gasteiger partial charge < -0.3 is 5.32 Å². The summed E-state index contributed by atoms with van der Waals surface area (Å²) in [4.78, 5) is 15.9. The number of carbonyl (C=O) groups is 1. The van der Waals surface area contributed by atoms with E-state index in [2.05, 4.69) is 20.5 Å². The van der Waals surface area contributed by atoms with E-state index in [1.54, 1.807) is 6.20 Å². The first kappa shape index (κ1) is 13.3. The van der Waals surface area contributed by atoms with Crippen LogP contribution >= 0.6 is 0 Å². The third kappa shape index (κ3) is 3.64. The maximum atomic E-state index is 11.8. The predicted octanol–water partition coefficient (Wildman–Crippen LogP) is 1.67. The second-order valence-corrected chi connectivity index (χ2v) is 4.51. The molecule has 0 unspecified atom stereocenters. The van der Waals surface area contributed by atoms with E-state index in [0.717, 1.165) is 22.6 Å². The summed E-state index contributed by atoms with van der Waals surface area (Å²) in [6, 6.07) is 5.66. The van der Waals surface area contributed by atoms with Crippen LogP contribution in [0.25, 0.3) is 0 Å². The molecule has 0 aliphatic rings. The van der Waals surface area contributed by atoms with E-state index in [1.165, 1.54) is 0 Å². The highest BCUT2D eigenvalue weighted by Crippen LogP contribution is 2.11. The van der Waals surface area contributed by atoms with Gasteiger partial charge in [-0.3, -0.25) is 14.9 Å². The maximum absolute atomic E-state index is 11.8. The van der Waals surface area contributed by atoms with Crippen molar-refractivity contribution in [1.29, 1.82) is 0 Å². The molecule has 0 aliphatic heterocycles. The van der Waals surface area contributed by atoms with Gasteiger partial charge in [0.1, 0.15) is 0 Å². The lowest BCUT2D eigenvalue weighted by Crippen LogP contribution is -2.23. The lowest BCUT2D eigenvalue weighted by atomic mass is 10.1. The van der Waals surface area contributed by atoms with E-state index >= 15 is 0 Å². The van der Waals surface area contributed by atoms with Crippen LogP contribution in [0.1, 0.15) is 29.1 Å². The highest BCUT2D eigenvalue weighted by atomic mass is 16.1. The number of hydrogen-bond acceptors (Lipinski definition) is 3. The van der Waals surface area contributed by atoms with Crippen LogP contribution in [0, 0.1) is 13.8 Å². The van der Waals surface area contributed by atoms with E-state index in [-0.39, 0.29) is 5.91 Å². The van der Waals surface area contributed by atoms with Crippen molar-refractivity contribution in [1.82, 2.24) is 20.5 Å². The van der Waals surface area contributed by atoms with Gasteiger partial charge in [0, 0.05) is 18.3 Å². The lowest BCUT2D eigenvalue weighted by molar-refractivity contribution is -0.121. The molecule has 1 amide bonds. The number of nitrogens with one attached hydrogen (secondary N) is 2. The van der Waals surface area contributed by atoms with E-state index in [1.807, 2.05) is 32.0 Å². The monoisotopic (exact) mass is 258 g/mol. The number of aryl methyl sites for hydroxylation is 2. The molecule has 100 valence electrons. The number of amides is 1. The van der Waals surface area contributed by atoms with Gasteiger partial charge in [-0.25, -0.2) is 0 Å². The van der Waals surface area contributed by atoms with E-state index < -0.39 is 0 Å². The Balaban J connectivity index is 1.79. The third-order valence-corrected chi connectivity index (χ3v) is 3.08. The molecule has 2 N–H and O–H groups in total. The summed E-state index contributed by atoms with van der Waals surface area (Å²) in [5.74, 6) is 0.0330. The zero-order chi connectivity index (χ0) is 13.7. The Morgan fingerprint density at radius 1 is 1.37 bits per heavy atom. The summed E-state index contributed by atoms with van der Waals surface area (Å²) < 4.78 is 0.